The van der Waals surface area contributed by atoms with Crippen LogP contribution >= 0.6 is 11.6 Å². The molecule has 0 bridgehead atoms. The molecule has 0 radical (unpaired) electrons. The number of nitrogens with zero attached hydrogens (tertiary/aromatic N) is 1. The van der Waals surface area contributed by atoms with Crippen LogP contribution in [0.3, 0.4) is 0 Å². The lowest BCUT2D eigenvalue weighted by Crippen LogP contribution is -2.26. The predicted octanol–water partition coefficient (Wildman–Crippen LogP) is 3.97. The van der Waals surface area contributed by atoms with Crippen LogP contribution < -0.4 is 5.32 Å². The van der Waals surface area contributed by atoms with Gasteiger partial charge in [0.15, 0.2) is 0 Å². The second-order valence-electron chi connectivity index (χ2n) is 4.89. The van der Waals surface area contributed by atoms with Gasteiger partial charge in [-0.25, -0.2) is 0 Å². The Balaban J connectivity index is 2.17. The summed E-state index contributed by atoms with van der Waals surface area (Å²) >= 11 is 6.26. The number of pyridine rings is 1. The summed E-state index contributed by atoms with van der Waals surface area (Å²) in [7, 11) is 2.01. The molecule has 0 aromatic carbocycles. The van der Waals surface area contributed by atoms with Crippen LogP contribution in [0.4, 0.5) is 0 Å². The maximum atomic E-state index is 6.26. The molecule has 1 saturated carbocycles. The summed E-state index contributed by atoms with van der Waals surface area (Å²) in [4.78, 5) is 4.46. The Hall–Kier alpha value is -0.600. The highest BCUT2D eigenvalue weighted by molar-refractivity contribution is 6.31. The molecule has 1 aliphatic carbocycles. The minimum atomic E-state index is 0.307. The molecule has 1 aromatic rings. The Labute approximate surface area is 109 Å². The molecule has 17 heavy (non-hydrogen) atoms. The van der Waals surface area contributed by atoms with Crippen molar-refractivity contribution >= 4 is 11.6 Å². The fraction of sp³-hybridized carbons (Fsp3) is 0.643. The maximum absolute atomic E-state index is 6.26. The Bertz CT molecular complexity index is 346. The van der Waals surface area contributed by atoms with E-state index < -0.39 is 0 Å². The van der Waals surface area contributed by atoms with E-state index in [0.717, 1.165) is 10.7 Å². The van der Waals surface area contributed by atoms with Crippen LogP contribution in [0.5, 0.6) is 0 Å². The highest BCUT2D eigenvalue weighted by Crippen LogP contribution is 2.34. The van der Waals surface area contributed by atoms with E-state index in [4.69, 9.17) is 11.6 Å². The molecule has 1 aromatic heterocycles. The zero-order chi connectivity index (χ0) is 12.1. The van der Waals surface area contributed by atoms with Crippen LogP contribution in [0, 0.1) is 5.92 Å². The molecular formula is C14H21ClN2. The molecule has 94 valence electrons. The van der Waals surface area contributed by atoms with Gasteiger partial charge in [-0.2, -0.15) is 0 Å². The van der Waals surface area contributed by atoms with Crippen LogP contribution in [0.25, 0.3) is 0 Å². The van der Waals surface area contributed by atoms with Gasteiger partial charge in [0.2, 0.25) is 0 Å². The first-order valence-corrected chi connectivity index (χ1v) is 6.98. The third-order valence-electron chi connectivity index (χ3n) is 3.76. The van der Waals surface area contributed by atoms with E-state index >= 15 is 0 Å². The van der Waals surface area contributed by atoms with Crippen molar-refractivity contribution in [1.29, 1.82) is 0 Å². The standard InChI is InChI=1S/C14H21ClN2/c1-16-13(11-7-4-2-3-5-8-11)14-12(15)9-6-10-17-14/h6,9-11,13,16H,2-5,7-8H2,1H3. The predicted molar refractivity (Wildman–Crippen MR) is 72.2 cm³/mol. The average molecular weight is 253 g/mol. The number of halogens is 1. The van der Waals surface area contributed by atoms with Crippen molar-refractivity contribution in [3.05, 3.63) is 29.0 Å². The first kappa shape index (κ1) is 12.8. The highest BCUT2D eigenvalue weighted by atomic mass is 35.5. The van der Waals surface area contributed by atoms with Crippen molar-refractivity contribution < 1.29 is 0 Å². The molecular weight excluding hydrogens is 232 g/mol. The minimum absolute atomic E-state index is 0.307. The number of hydrogen-bond donors (Lipinski definition) is 1. The monoisotopic (exact) mass is 252 g/mol. The molecule has 1 aliphatic rings. The van der Waals surface area contributed by atoms with Gasteiger partial charge in [-0.05, 0) is 37.9 Å². The summed E-state index contributed by atoms with van der Waals surface area (Å²) in [6, 6.07) is 4.14. The van der Waals surface area contributed by atoms with E-state index in [0.29, 0.717) is 12.0 Å². The van der Waals surface area contributed by atoms with Crippen LogP contribution in [0.1, 0.15) is 50.3 Å². The van der Waals surface area contributed by atoms with Crippen LogP contribution in [0.15, 0.2) is 18.3 Å². The molecule has 0 aliphatic heterocycles. The van der Waals surface area contributed by atoms with Crippen LogP contribution in [0.2, 0.25) is 5.02 Å². The summed E-state index contributed by atoms with van der Waals surface area (Å²) in [5.74, 6) is 0.676. The maximum Gasteiger partial charge on any atom is 0.0761 e. The van der Waals surface area contributed by atoms with E-state index in [9.17, 15) is 0 Å². The normalized spacial score (nSPS) is 19.9. The second kappa shape index (κ2) is 6.36. The van der Waals surface area contributed by atoms with Gasteiger partial charge in [-0.1, -0.05) is 37.3 Å². The van der Waals surface area contributed by atoms with Crippen molar-refractivity contribution in [3.8, 4) is 0 Å². The Morgan fingerprint density at radius 2 is 2.00 bits per heavy atom. The molecule has 2 nitrogen and oxygen atoms in total. The molecule has 1 atom stereocenters. The summed E-state index contributed by atoms with van der Waals surface area (Å²) in [5.41, 5.74) is 1.02. The first-order chi connectivity index (χ1) is 8.33. The quantitative estimate of drug-likeness (QED) is 0.824. The van der Waals surface area contributed by atoms with E-state index in [2.05, 4.69) is 10.3 Å². The largest absolute Gasteiger partial charge is 0.311 e. The average Bonchev–Trinajstić information content (AvgIpc) is 2.62. The lowest BCUT2D eigenvalue weighted by Gasteiger charge is -2.26. The van der Waals surface area contributed by atoms with Crippen molar-refractivity contribution in [2.45, 2.75) is 44.6 Å². The van der Waals surface area contributed by atoms with Gasteiger partial charge in [0.1, 0.15) is 0 Å². The number of aromatic nitrogens is 1. The zero-order valence-electron chi connectivity index (χ0n) is 10.5. The SMILES string of the molecule is CNC(c1ncccc1Cl)C1CCCCCC1. The summed E-state index contributed by atoms with van der Waals surface area (Å²) in [6.07, 6.45) is 9.85. The molecule has 0 spiro atoms. The molecule has 3 heteroatoms. The highest BCUT2D eigenvalue weighted by Gasteiger charge is 2.25. The third kappa shape index (κ3) is 3.20. The summed E-state index contributed by atoms with van der Waals surface area (Å²) in [6.45, 7) is 0. The molecule has 0 saturated heterocycles. The summed E-state index contributed by atoms with van der Waals surface area (Å²) < 4.78 is 0. The van der Waals surface area contributed by atoms with E-state index in [1.165, 1.54) is 38.5 Å². The van der Waals surface area contributed by atoms with E-state index in [1.54, 1.807) is 0 Å². The Morgan fingerprint density at radius 3 is 2.59 bits per heavy atom. The van der Waals surface area contributed by atoms with Gasteiger partial charge in [-0.3, -0.25) is 4.98 Å². The molecule has 1 N–H and O–H groups in total. The Kier molecular flexibility index (Phi) is 4.81. The number of rotatable bonds is 3. The van der Waals surface area contributed by atoms with Gasteiger partial charge in [-0.15, -0.1) is 0 Å². The summed E-state index contributed by atoms with van der Waals surface area (Å²) in [5, 5.41) is 4.20. The molecule has 1 fully saturated rings. The van der Waals surface area contributed by atoms with Crippen LogP contribution in [-0.2, 0) is 0 Å². The third-order valence-corrected chi connectivity index (χ3v) is 4.08. The minimum Gasteiger partial charge on any atom is -0.311 e. The second-order valence-corrected chi connectivity index (χ2v) is 5.30. The zero-order valence-corrected chi connectivity index (χ0v) is 11.2. The lowest BCUT2D eigenvalue weighted by molar-refractivity contribution is 0.336. The molecule has 1 heterocycles. The number of hydrogen-bond acceptors (Lipinski definition) is 2. The molecule has 2 rings (SSSR count). The van der Waals surface area contributed by atoms with Gasteiger partial charge >= 0.3 is 0 Å². The van der Waals surface area contributed by atoms with Crippen LogP contribution in [-0.4, -0.2) is 12.0 Å². The van der Waals surface area contributed by atoms with Gasteiger partial charge in [0.05, 0.1) is 16.8 Å². The molecule has 0 amide bonds. The van der Waals surface area contributed by atoms with Crippen molar-refractivity contribution in [3.63, 3.8) is 0 Å². The van der Waals surface area contributed by atoms with E-state index in [1.807, 2.05) is 25.4 Å². The van der Waals surface area contributed by atoms with Crippen molar-refractivity contribution in [1.82, 2.24) is 10.3 Å². The smallest absolute Gasteiger partial charge is 0.0761 e. The molecule has 1 unspecified atom stereocenters. The van der Waals surface area contributed by atoms with Gasteiger partial charge < -0.3 is 5.32 Å². The first-order valence-electron chi connectivity index (χ1n) is 6.60. The number of nitrogens with one attached hydrogen (secondary N) is 1. The van der Waals surface area contributed by atoms with E-state index in [-0.39, 0.29) is 0 Å². The topological polar surface area (TPSA) is 24.9 Å². The Morgan fingerprint density at radius 1 is 1.29 bits per heavy atom. The fourth-order valence-electron chi connectivity index (χ4n) is 2.87. The van der Waals surface area contributed by atoms with Gasteiger partial charge in [0.25, 0.3) is 0 Å². The lowest BCUT2D eigenvalue weighted by atomic mass is 9.89. The van der Waals surface area contributed by atoms with Crippen molar-refractivity contribution in [2.24, 2.45) is 5.92 Å². The fourth-order valence-corrected chi connectivity index (χ4v) is 3.11. The van der Waals surface area contributed by atoms with Crippen molar-refractivity contribution in [2.75, 3.05) is 7.05 Å². The van der Waals surface area contributed by atoms with Gasteiger partial charge in [0, 0.05) is 6.20 Å².